The molecule has 0 aromatic heterocycles. The summed E-state index contributed by atoms with van der Waals surface area (Å²) in [5.41, 5.74) is 1.50. The SMILES string of the molecule is Cc1ccc(NS(=O)(=O)c2cccc(C(=O)NC(C(=O)O)C3CC3)c2)cc1. The van der Waals surface area contributed by atoms with E-state index in [2.05, 4.69) is 10.0 Å². The van der Waals surface area contributed by atoms with E-state index in [4.69, 9.17) is 0 Å². The Hall–Kier alpha value is -2.87. The van der Waals surface area contributed by atoms with Crippen LogP contribution in [0.5, 0.6) is 0 Å². The molecule has 8 heteroatoms. The molecule has 1 saturated carbocycles. The van der Waals surface area contributed by atoms with Gasteiger partial charge in [0.25, 0.3) is 15.9 Å². The van der Waals surface area contributed by atoms with Gasteiger partial charge >= 0.3 is 5.97 Å². The maximum Gasteiger partial charge on any atom is 0.326 e. The first-order chi connectivity index (χ1) is 12.8. The predicted octanol–water partition coefficient (Wildman–Crippen LogP) is 2.39. The number of sulfonamides is 1. The second-order valence-corrected chi connectivity index (χ2v) is 8.31. The quantitative estimate of drug-likeness (QED) is 0.674. The number of hydrogen-bond donors (Lipinski definition) is 3. The van der Waals surface area contributed by atoms with Gasteiger partial charge in [-0.1, -0.05) is 23.8 Å². The van der Waals surface area contributed by atoms with E-state index >= 15 is 0 Å². The van der Waals surface area contributed by atoms with E-state index in [1.54, 1.807) is 24.3 Å². The van der Waals surface area contributed by atoms with E-state index in [-0.39, 0.29) is 16.4 Å². The Morgan fingerprint density at radius 3 is 2.37 bits per heavy atom. The van der Waals surface area contributed by atoms with Crippen molar-refractivity contribution >= 4 is 27.6 Å². The molecule has 1 amide bonds. The first kappa shape index (κ1) is 18.9. The normalized spacial score (nSPS) is 15.0. The number of carbonyl (C=O) groups excluding carboxylic acids is 1. The van der Waals surface area contributed by atoms with Crippen LogP contribution >= 0.6 is 0 Å². The number of anilines is 1. The molecular formula is C19H20N2O5S. The van der Waals surface area contributed by atoms with Crippen molar-refractivity contribution in [2.24, 2.45) is 5.92 Å². The van der Waals surface area contributed by atoms with Crippen LogP contribution < -0.4 is 10.0 Å². The van der Waals surface area contributed by atoms with Crippen molar-refractivity contribution in [3.63, 3.8) is 0 Å². The van der Waals surface area contributed by atoms with Gasteiger partial charge in [0.05, 0.1) is 4.90 Å². The molecule has 1 aliphatic carbocycles. The summed E-state index contributed by atoms with van der Waals surface area (Å²) in [6.45, 7) is 1.90. The number of carboxylic acids is 1. The summed E-state index contributed by atoms with van der Waals surface area (Å²) in [6, 6.07) is 11.4. The summed E-state index contributed by atoms with van der Waals surface area (Å²) in [4.78, 5) is 23.6. The lowest BCUT2D eigenvalue weighted by molar-refractivity contribution is -0.139. The number of carboxylic acid groups (broad SMARTS) is 1. The molecule has 1 aliphatic rings. The third-order valence-electron chi connectivity index (χ3n) is 4.36. The number of nitrogens with one attached hydrogen (secondary N) is 2. The van der Waals surface area contributed by atoms with E-state index in [9.17, 15) is 23.1 Å². The molecule has 2 aromatic rings. The zero-order valence-corrected chi connectivity index (χ0v) is 15.5. The van der Waals surface area contributed by atoms with Crippen LogP contribution in [0.1, 0.15) is 28.8 Å². The fraction of sp³-hybridized carbons (Fsp3) is 0.263. The van der Waals surface area contributed by atoms with E-state index in [1.807, 2.05) is 6.92 Å². The standard InChI is InChI=1S/C19H20N2O5S/c1-12-5-9-15(10-6-12)21-27(25,26)16-4-2-3-14(11-16)18(22)20-17(19(23)24)13-7-8-13/h2-6,9-11,13,17,21H,7-8H2,1H3,(H,20,22)(H,23,24). The summed E-state index contributed by atoms with van der Waals surface area (Å²) in [6.07, 6.45) is 1.51. The Morgan fingerprint density at radius 2 is 1.78 bits per heavy atom. The lowest BCUT2D eigenvalue weighted by Gasteiger charge is -2.14. The lowest BCUT2D eigenvalue weighted by atomic mass is 10.1. The molecular weight excluding hydrogens is 368 g/mol. The highest BCUT2D eigenvalue weighted by molar-refractivity contribution is 7.92. The molecule has 7 nitrogen and oxygen atoms in total. The van der Waals surface area contributed by atoms with Gasteiger partial charge in [-0.3, -0.25) is 9.52 Å². The van der Waals surface area contributed by atoms with Gasteiger partial charge in [-0.2, -0.15) is 0 Å². The number of carbonyl (C=O) groups is 2. The molecule has 2 aromatic carbocycles. The van der Waals surface area contributed by atoms with Crippen molar-refractivity contribution in [2.45, 2.75) is 30.7 Å². The molecule has 1 atom stereocenters. The maximum atomic E-state index is 12.6. The molecule has 142 valence electrons. The summed E-state index contributed by atoms with van der Waals surface area (Å²) in [7, 11) is -3.88. The van der Waals surface area contributed by atoms with Crippen molar-refractivity contribution in [3.8, 4) is 0 Å². The third kappa shape index (κ3) is 4.65. The first-order valence-corrected chi connectivity index (χ1v) is 9.98. The highest BCUT2D eigenvalue weighted by Crippen LogP contribution is 2.33. The monoisotopic (exact) mass is 388 g/mol. The van der Waals surface area contributed by atoms with E-state index < -0.39 is 27.9 Å². The molecule has 1 unspecified atom stereocenters. The fourth-order valence-electron chi connectivity index (χ4n) is 2.68. The topological polar surface area (TPSA) is 113 Å². The van der Waals surface area contributed by atoms with Crippen molar-refractivity contribution in [1.29, 1.82) is 0 Å². The number of hydrogen-bond acceptors (Lipinski definition) is 4. The highest BCUT2D eigenvalue weighted by atomic mass is 32.2. The van der Waals surface area contributed by atoms with Crippen molar-refractivity contribution < 1.29 is 23.1 Å². The predicted molar refractivity (Wildman–Crippen MR) is 100 cm³/mol. The molecule has 0 saturated heterocycles. The van der Waals surface area contributed by atoms with Gasteiger partial charge in [0.1, 0.15) is 6.04 Å². The van der Waals surface area contributed by atoms with E-state index in [0.29, 0.717) is 5.69 Å². The van der Waals surface area contributed by atoms with Gasteiger partial charge in [0, 0.05) is 11.3 Å². The zero-order valence-electron chi connectivity index (χ0n) is 14.7. The third-order valence-corrected chi connectivity index (χ3v) is 5.74. The molecule has 1 fully saturated rings. The molecule has 0 heterocycles. The minimum absolute atomic E-state index is 0.0680. The first-order valence-electron chi connectivity index (χ1n) is 8.49. The number of amides is 1. The smallest absolute Gasteiger partial charge is 0.326 e. The summed E-state index contributed by atoms with van der Waals surface area (Å²) < 4.78 is 27.6. The average Bonchev–Trinajstić information content (AvgIpc) is 3.46. The number of benzene rings is 2. The largest absolute Gasteiger partial charge is 0.480 e. The van der Waals surface area contributed by atoms with Gasteiger partial charge in [0.15, 0.2) is 0 Å². The van der Waals surface area contributed by atoms with Gasteiger partial charge < -0.3 is 10.4 Å². The molecule has 3 rings (SSSR count). The minimum Gasteiger partial charge on any atom is -0.480 e. The summed E-state index contributed by atoms with van der Waals surface area (Å²) >= 11 is 0. The Kier molecular flexibility index (Phi) is 5.18. The number of aliphatic carboxylic acids is 1. The molecule has 0 aliphatic heterocycles. The van der Waals surface area contributed by atoms with Crippen LogP contribution in [-0.2, 0) is 14.8 Å². The van der Waals surface area contributed by atoms with Crippen LogP contribution in [0.3, 0.4) is 0 Å². The Bertz CT molecular complexity index is 966. The Balaban J connectivity index is 1.78. The zero-order chi connectivity index (χ0) is 19.6. The average molecular weight is 388 g/mol. The number of aryl methyl sites for hydroxylation is 1. The van der Waals surface area contributed by atoms with Gasteiger partial charge in [-0.25, -0.2) is 13.2 Å². The Morgan fingerprint density at radius 1 is 1.11 bits per heavy atom. The van der Waals surface area contributed by atoms with Crippen molar-refractivity contribution in [3.05, 3.63) is 59.7 Å². The van der Waals surface area contributed by atoms with Crippen LogP contribution in [0.4, 0.5) is 5.69 Å². The van der Waals surface area contributed by atoms with Crippen LogP contribution in [0.2, 0.25) is 0 Å². The lowest BCUT2D eigenvalue weighted by Crippen LogP contribution is -2.42. The van der Waals surface area contributed by atoms with Crippen LogP contribution in [0.15, 0.2) is 53.4 Å². The summed E-state index contributed by atoms with van der Waals surface area (Å²) in [5.74, 6) is -1.76. The molecule has 27 heavy (non-hydrogen) atoms. The molecule has 0 radical (unpaired) electrons. The molecule has 3 N–H and O–H groups in total. The van der Waals surface area contributed by atoms with Gasteiger partial charge in [-0.15, -0.1) is 0 Å². The van der Waals surface area contributed by atoms with E-state index in [0.717, 1.165) is 18.4 Å². The van der Waals surface area contributed by atoms with Crippen molar-refractivity contribution in [2.75, 3.05) is 4.72 Å². The van der Waals surface area contributed by atoms with Gasteiger partial charge in [-0.05, 0) is 56.0 Å². The Labute approximate surface area is 157 Å². The molecule has 0 bridgehead atoms. The van der Waals surface area contributed by atoms with Gasteiger partial charge in [0.2, 0.25) is 0 Å². The second-order valence-electron chi connectivity index (χ2n) is 6.63. The highest BCUT2D eigenvalue weighted by Gasteiger charge is 2.37. The number of rotatable bonds is 7. The second kappa shape index (κ2) is 7.40. The van der Waals surface area contributed by atoms with Crippen molar-refractivity contribution in [1.82, 2.24) is 5.32 Å². The van der Waals surface area contributed by atoms with Crippen LogP contribution in [0, 0.1) is 12.8 Å². The maximum absolute atomic E-state index is 12.6. The van der Waals surface area contributed by atoms with Crippen LogP contribution in [-0.4, -0.2) is 31.4 Å². The van der Waals surface area contributed by atoms with E-state index in [1.165, 1.54) is 24.3 Å². The van der Waals surface area contributed by atoms with Crippen LogP contribution in [0.25, 0.3) is 0 Å². The fourth-order valence-corrected chi connectivity index (χ4v) is 3.78. The minimum atomic E-state index is -3.88. The molecule has 0 spiro atoms. The summed E-state index contributed by atoms with van der Waals surface area (Å²) in [5, 5.41) is 11.7.